The Morgan fingerprint density at radius 2 is 1.69 bits per heavy atom. The molecule has 0 bridgehead atoms. The molecule has 5 aromatic rings. The molecule has 1 aromatic heterocycles. The summed E-state index contributed by atoms with van der Waals surface area (Å²) < 4.78 is 7.60. The second kappa shape index (κ2) is 10.4. The molecular weight excluding hydrogens is 454 g/mol. The summed E-state index contributed by atoms with van der Waals surface area (Å²) in [6, 6.07) is 32.4. The van der Waals surface area contributed by atoms with Crippen molar-refractivity contribution in [3.8, 4) is 35.0 Å². The number of ether oxygens (including phenoxy) is 1. The quantitative estimate of drug-likeness (QED) is 0.187. The fourth-order valence-corrected chi connectivity index (χ4v) is 4.15. The van der Waals surface area contributed by atoms with Crippen LogP contribution in [-0.4, -0.2) is 16.4 Å². The van der Waals surface area contributed by atoms with E-state index in [2.05, 4.69) is 59.8 Å². The van der Waals surface area contributed by atoms with Gasteiger partial charge in [-0.3, -0.25) is 0 Å². The number of rotatable bonds is 8. The molecular formula is C30H24ClN3O. The summed E-state index contributed by atoms with van der Waals surface area (Å²) >= 11 is 6.32. The molecule has 0 radical (unpaired) electrons. The highest BCUT2D eigenvalue weighted by atomic mass is 35.5. The predicted molar refractivity (Wildman–Crippen MR) is 144 cm³/mol. The molecule has 0 aliphatic heterocycles. The monoisotopic (exact) mass is 477 g/mol. The maximum atomic E-state index is 6.32. The first-order valence-corrected chi connectivity index (χ1v) is 11.8. The average molecular weight is 478 g/mol. The van der Waals surface area contributed by atoms with Gasteiger partial charge in [0.15, 0.2) is 0 Å². The molecule has 0 spiro atoms. The number of terminal acetylenes is 1. The number of nitrogens with one attached hydrogen (secondary N) is 1. The minimum absolute atomic E-state index is 0.533. The molecule has 1 N–H and O–H groups in total. The summed E-state index contributed by atoms with van der Waals surface area (Å²) in [5.41, 5.74) is 6.20. The van der Waals surface area contributed by atoms with Gasteiger partial charge >= 0.3 is 0 Å². The molecule has 4 aromatic carbocycles. The van der Waals surface area contributed by atoms with Crippen LogP contribution in [0.2, 0.25) is 5.02 Å². The van der Waals surface area contributed by atoms with Gasteiger partial charge in [0, 0.05) is 34.6 Å². The Balaban J connectivity index is 1.35. The topological polar surface area (TPSA) is 39.1 Å². The first kappa shape index (κ1) is 22.6. The van der Waals surface area contributed by atoms with Gasteiger partial charge in [-0.25, -0.2) is 4.68 Å². The van der Waals surface area contributed by atoms with E-state index in [1.807, 2.05) is 53.2 Å². The lowest BCUT2D eigenvalue weighted by molar-refractivity contribution is 0.327. The normalized spacial score (nSPS) is 10.7. The van der Waals surface area contributed by atoms with Gasteiger partial charge in [-0.1, -0.05) is 54.1 Å². The average Bonchev–Trinajstić information content (AvgIpc) is 3.28. The van der Waals surface area contributed by atoms with Crippen LogP contribution < -0.4 is 10.1 Å². The molecule has 0 saturated carbocycles. The van der Waals surface area contributed by atoms with Crippen LogP contribution in [0.5, 0.6) is 5.75 Å². The Bertz CT molecular complexity index is 1470. The number of benzene rings is 4. The fourth-order valence-electron chi connectivity index (χ4n) is 3.97. The van der Waals surface area contributed by atoms with Crippen molar-refractivity contribution in [2.24, 2.45) is 0 Å². The molecule has 0 saturated heterocycles. The number of hydrogen-bond acceptors (Lipinski definition) is 3. The molecule has 0 aliphatic carbocycles. The van der Waals surface area contributed by atoms with Gasteiger partial charge in [0.05, 0.1) is 23.5 Å². The Morgan fingerprint density at radius 1 is 0.914 bits per heavy atom. The van der Waals surface area contributed by atoms with Crippen molar-refractivity contribution in [3.05, 3.63) is 108 Å². The number of hydrogen-bond donors (Lipinski definition) is 1. The van der Waals surface area contributed by atoms with Crippen LogP contribution in [0.25, 0.3) is 27.8 Å². The van der Waals surface area contributed by atoms with Crippen LogP contribution in [-0.2, 0) is 6.54 Å². The molecule has 35 heavy (non-hydrogen) atoms. The van der Waals surface area contributed by atoms with E-state index in [4.69, 9.17) is 27.9 Å². The molecule has 4 nitrogen and oxygen atoms in total. The van der Waals surface area contributed by atoms with Crippen LogP contribution in [0.3, 0.4) is 0 Å². The van der Waals surface area contributed by atoms with E-state index in [0.717, 1.165) is 39.3 Å². The number of halogens is 1. The maximum Gasteiger partial charge on any atom is 0.119 e. The number of fused-ring (bicyclic) bond motifs is 1. The second-order valence-electron chi connectivity index (χ2n) is 8.13. The van der Waals surface area contributed by atoms with Crippen LogP contribution in [0, 0.1) is 12.3 Å². The van der Waals surface area contributed by atoms with Crippen LogP contribution in [0.15, 0.2) is 97.1 Å². The van der Waals surface area contributed by atoms with Gasteiger partial charge in [0.2, 0.25) is 0 Å². The van der Waals surface area contributed by atoms with E-state index in [-0.39, 0.29) is 0 Å². The smallest absolute Gasteiger partial charge is 0.119 e. The number of nitrogens with zero attached hydrogens (tertiary/aromatic N) is 2. The predicted octanol–water partition coefficient (Wildman–Crippen LogP) is 7.36. The van der Waals surface area contributed by atoms with Crippen LogP contribution in [0.4, 0.5) is 5.69 Å². The molecule has 0 aliphatic rings. The minimum Gasteiger partial charge on any atom is -0.493 e. The summed E-state index contributed by atoms with van der Waals surface area (Å²) in [5, 5.41) is 10.1. The molecule has 0 atom stereocenters. The summed E-state index contributed by atoms with van der Waals surface area (Å²) in [6.45, 7) is 1.24. The molecule has 0 unspecified atom stereocenters. The summed E-state index contributed by atoms with van der Waals surface area (Å²) in [7, 11) is 0. The van der Waals surface area contributed by atoms with E-state index in [1.165, 1.54) is 5.56 Å². The standard InChI is InChI=1S/C30H24ClN3O/c1-2-3-19-35-27-16-9-22(10-17-27)21-32-25-12-14-26(15-13-25)34-30(23-7-5-4-6-8-23)28-20-24(31)11-18-29(28)33-34/h1,4-18,20,32H,3,19,21H2. The highest BCUT2D eigenvalue weighted by Crippen LogP contribution is 2.33. The lowest BCUT2D eigenvalue weighted by Crippen LogP contribution is -2.02. The largest absolute Gasteiger partial charge is 0.493 e. The van der Waals surface area contributed by atoms with Crippen molar-refractivity contribution in [3.63, 3.8) is 0 Å². The zero-order valence-corrected chi connectivity index (χ0v) is 19.9. The van der Waals surface area contributed by atoms with Gasteiger partial charge < -0.3 is 10.1 Å². The van der Waals surface area contributed by atoms with Crippen LogP contribution in [0.1, 0.15) is 12.0 Å². The molecule has 1 heterocycles. The lowest BCUT2D eigenvalue weighted by atomic mass is 10.1. The third kappa shape index (κ3) is 5.16. The van der Waals surface area contributed by atoms with E-state index in [9.17, 15) is 0 Å². The van der Waals surface area contributed by atoms with Crippen molar-refractivity contribution in [1.29, 1.82) is 0 Å². The van der Waals surface area contributed by atoms with Crippen molar-refractivity contribution >= 4 is 28.2 Å². The molecule has 0 fully saturated rings. The second-order valence-corrected chi connectivity index (χ2v) is 8.57. The van der Waals surface area contributed by atoms with E-state index in [0.29, 0.717) is 24.6 Å². The Morgan fingerprint density at radius 3 is 2.43 bits per heavy atom. The third-order valence-corrected chi connectivity index (χ3v) is 5.96. The number of aromatic nitrogens is 2. The first-order valence-electron chi connectivity index (χ1n) is 11.4. The van der Waals surface area contributed by atoms with Gasteiger partial charge in [0.1, 0.15) is 5.75 Å². The molecule has 5 rings (SSSR count). The zero-order chi connectivity index (χ0) is 24.0. The van der Waals surface area contributed by atoms with Crippen molar-refractivity contribution in [2.45, 2.75) is 13.0 Å². The van der Waals surface area contributed by atoms with Crippen molar-refractivity contribution in [1.82, 2.24) is 9.78 Å². The van der Waals surface area contributed by atoms with Crippen molar-refractivity contribution in [2.75, 3.05) is 11.9 Å². The lowest BCUT2D eigenvalue weighted by Gasteiger charge is -2.11. The molecule has 0 amide bonds. The van der Waals surface area contributed by atoms with E-state index >= 15 is 0 Å². The SMILES string of the molecule is C#CCCOc1ccc(CNc2ccc(-n3nc4ccc(Cl)cc4c3-c3ccccc3)cc2)cc1. The first-order chi connectivity index (χ1) is 17.2. The van der Waals surface area contributed by atoms with Gasteiger partial charge in [-0.15, -0.1) is 12.3 Å². The summed E-state index contributed by atoms with van der Waals surface area (Å²) in [5.74, 6) is 3.41. The summed E-state index contributed by atoms with van der Waals surface area (Å²) in [4.78, 5) is 0. The van der Waals surface area contributed by atoms with E-state index < -0.39 is 0 Å². The van der Waals surface area contributed by atoms with Gasteiger partial charge in [0.25, 0.3) is 0 Å². The zero-order valence-electron chi connectivity index (χ0n) is 19.1. The Kier molecular flexibility index (Phi) is 6.70. The highest BCUT2D eigenvalue weighted by molar-refractivity contribution is 6.31. The number of anilines is 1. The summed E-state index contributed by atoms with van der Waals surface area (Å²) in [6.07, 6.45) is 5.87. The minimum atomic E-state index is 0.533. The van der Waals surface area contributed by atoms with Gasteiger partial charge in [-0.2, -0.15) is 5.10 Å². The van der Waals surface area contributed by atoms with Crippen molar-refractivity contribution < 1.29 is 4.74 Å². The fraction of sp³-hybridized carbons (Fsp3) is 0.100. The highest BCUT2D eigenvalue weighted by Gasteiger charge is 2.15. The maximum absolute atomic E-state index is 6.32. The third-order valence-electron chi connectivity index (χ3n) is 5.73. The van der Waals surface area contributed by atoms with Gasteiger partial charge in [-0.05, 0) is 60.2 Å². The Hall–Kier alpha value is -4.20. The molecule has 5 heteroatoms. The molecule has 172 valence electrons. The van der Waals surface area contributed by atoms with Crippen LogP contribution >= 0.6 is 11.6 Å². The Labute approximate surface area is 210 Å². The van der Waals surface area contributed by atoms with E-state index in [1.54, 1.807) is 0 Å².